The minimum Gasteiger partial charge on any atom is -0.468 e. The second-order valence-electron chi connectivity index (χ2n) is 9.91. The molecule has 8 nitrogen and oxygen atoms in total. The van der Waals surface area contributed by atoms with Gasteiger partial charge in [-0.25, -0.2) is 4.98 Å². The number of nitrogens with one attached hydrogen (secondary N) is 2. The monoisotopic (exact) mass is 535 g/mol. The Morgan fingerprint density at radius 2 is 2.08 bits per heavy atom. The van der Waals surface area contributed by atoms with Gasteiger partial charge in [-0.2, -0.15) is 13.2 Å². The van der Waals surface area contributed by atoms with E-state index in [0.29, 0.717) is 18.6 Å². The summed E-state index contributed by atoms with van der Waals surface area (Å²) < 4.78 is 48.2. The van der Waals surface area contributed by atoms with Gasteiger partial charge in [-0.15, -0.1) is 0 Å². The number of aromatic nitrogens is 1. The maximum absolute atomic E-state index is 12.7. The van der Waals surface area contributed by atoms with Crippen LogP contribution in [0.25, 0.3) is 0 Å². The number of hydrogen-bond donors (Lipinski definition) is 3. The Bertz CT molecular complexity index is 1060. The van der Waals surface area contributed by atoms with E-state index in [1.807, 2.05) is 18.3 Å². The molecule has 1 aromatic heterocycles. The van der Waals surface area contributed by atoms with Crippen LogP contribution in [0.5, 0.6) is 5.88 Å². The lowest BCUT2D eigenvalue weighted by atomic mass is 9.97. The van der Waals surface area contributed by atoms with E-state index in [0.717, 1.165) is 62.1 Å². The molecule has 1 aliphatic carbocycles. The van der Waals surface area contributed by atoms with E-state index in [9.17, 15) is 18.0 Å². The van der Waals surface area contributed by atoms with Gasteiger partial charge in [0, 0.05) is 56.6 Å². The summed E-state index contributed by atoms with van der Waals surface area (Å²) in [6.45, 7) is 1.64. The fraction of sp³-hybridized carbons (Fsp3) is 0.556. The molecule has 0 bridgehead atoms. The number of carbonyl (C=O) groups excluding carboxylic acids is 1. The highest BCUT2D eigenvalue weighted by Gasteiger charge is 2.29. The highest BCUT2D eigenvalue weighted by molar-refractivity contribution is 5.97. The SMILES string of the molecule is CN/C=C1/C=CC(C(=O)N[C@H]2CC[C@H](CCN3CCc4ccc(OCC(F)(F)F)nc4CC3)OC2)=CC1N. The molecule has 3 heterocycles. The number of halogens is 3. The smallest absolute Gasteiger partial charge is 0.422 e. The first-order valence-electron chi connectivity index (χ1n) is 13.1. The highest BCUT2D eigenvalue weighted by Crippen LogP contribution is 2.23. The first-order valence-corrected chi connectivity index (χ1v) is 13.1. The number of fused-ring (bicyclic) bond motifs is 1. The molecule has 208 valence electrons. The van der Waals surface area contributed by atoms with Crippen molar-refractivity contribution >= 4 is 5.91 Å². The summed E-state index contributed by atoms with van der Waals surface area (Å²) in [7, 11) is 1.80. The van der Waals surface area contributed by atoms with Crippen LogP contribution in [0.1, 0.15) is 30.5 Å². The standard InChI is InChI=1S/C27H36F3N5O3/c1-32-15-20-3-2-19(14-23(20)31)26(36)33-21-5-6-22(37-16-21)9-12-35-11-8-18-4-7-25(34-24(18)10-13-35)38-17-27(28,29)30/h2-4,7,14-15,21-23,32H,5-6,8-13,16-17,31H2,1H3,(H,33,36)/b20-15-/t21-,22+,23?/m0/s1. The zero-order valence-electron chi connectivity index (χ0n) is 21.6. The van der Waals surface area contributed by atoms with Gasteiger partial charge in [-0.05, 0) is 42.9 Å². The summed E-state index contributed by atoms with van der Waals surface area (Å²) in [6, 6.07) is 2.97. The molecular weight excluding hydrogens is 499 g/mol. The molecular formula is C27H36F3N5O3. The Balaban J connectivity index is 1.17. The predicted molar refractivity (Wildman–Crippen MR) is 137 cm³/mol. The highest BCUT2D eigenvalue weighted by atomic mass is 19.4. The largest absolute Gasteiger partial charge is 0.468 e. The Labute approximate surface area is 221 Å². The van der Waals surface area contributed by atoms with Crippen LogP contribution in [0, 0.1) is 0 Å². The topological polar surface area (TPSA) is 102 Å². The lowest BCUT2D eigenvalue weighted by molar-refractivity contribution is -0.154. The number of carbonyl (C=O) groups is 1. The molecule has 2 aliphatic heterocycles. The van der Waals surface area contributed by atoms with Crippen molar-refractivity contribution in [1.82, 2.24) is 20.5 Å². The number of rotatable bonds is 8. The van der Waals surface area contributed by atoms with Gasteiger partial charge in [0.25, 0.3) is 5.91 Å². The molecule has 3 aliphatic rings. The van der Waals surface area contributed by atoms with Crippen LogP contribution in [-0.2, 0) is 22.4 Å². The molecule has 0 aromatic carbocycles. The molecule has 4 N–H and O–H groups in total. The minimum atomic E-state index is -4.38. The predicted octanol–water partition coefficient (Wildman–Crippen LogP) is 2.40. The molecule has 0 spiro atoms. The molecule has 0 saturated carbocycles. The second-order valence-corrected chi connectivity index (χ2v) is 9.91. The lowest BCUT2D eigenvalue weighted by Gasteiger charge is -2.31. The number of hydrogen-bond acceptors (Lipinski definition) is 7. The number of nitrogens with zero attached hydrogens (tertiary/aromatic N) is 2. The van der Waals surface area contributed by atoms with E-state index in [1.165, 1.54) is 6.07 Å². The van der Waals surface area contributed by atoms with E-state index in [-0.39, 0.29) is 30.0 Å². The molecule has 1 unspecified atom stereocenters. The van der Waals surface area contributed by atoms with E-state index in [4.69, 9.17) is 15.2 Å². The molecule has 11 heteroatoms. The Morgan fingerprint density at radius 1 is 1.26 bits per heavy atom. The maximum Gasteiger partial charge on any atom is 0.422 e. The Hall–Kier alpha value is -2.89. The van der Waals surface area contributed by atoms with Crippen LogP contribution < -0.4 is 21.1 Å². The third-order valence-corrected chi connectivity index (χ3v) is 7.03. The molecule has 0 radical (unpaired) electrons. The Kier molecular flexibility index (Phi) is 9.45. The van der Waals surface area contributed by atoms with Crippen LogP contribution in [0.2, 0.25) is 0 Å². The first-order chi connectivity index (χ1) is 18.2. The summed E-state index contributed by atoms with van der Waals surface area (Å²) in [6.07, 6.45) is 7.00. The summed E-state index contributed by atoms with van der Waals surface area (Å²) in [5, 5.41) is 6.01. The van der Waals surface area contributed by atoms with Crippen LogP contribution in [0.3, 0.4) is 0 Å². The fourth-order valence-corrected chi connectivity index (χ4v) is 4.92. The van der Waals surface area contributed by atoms with Gasteiger partial charge in [0.15, 0.2) is 6.61 Å². The van der Waals surface area contributed by atoms with Crippen molar-refractivity contribution in [3.05, 3.63) is 59.0 Å². The average Bonchev–Trinajstić information content (AvgIpc) is 3.10. The van der Waals surface area contributed by atoms with Crippen molar-refractivity contribution in [3.8, 4) is 5.88 Å². The van der Waals surface area contributed by atoms with E-state index < -0.39 is 12.8 Å². The van der Waals surface area contributed by atoms with Crippen molar-refractivity contribution in [2.24, 2.45) is 5.73 Å². The number of pyridine rings is 1. The number of alkyl halides is 3. The first kappa shape index (κ1) is 28.1. The van der Waals surface area contributed by atoms with E-state index in [2.05, 4.69) is 20.5 Å². The van der Waals surface area contributed by atoms with Crippen molar-refractivity contribution in [3.63, 3.8) is 0 Å². The summed E-state index contributed by atoms with van der Waals surface area (Å²) in [5.41, 5.74) is 9.45. The van der Waals surface area contributed by atoms with Crippen molar-refractivity contribution < 1.29 is 27.4 Å². The van der Waals surface area contributed by atoms with Crippen molar-refractivity contribution in [2.45, 2.75) is 56.5 Å². The van der Waals surface area contributed by atoms with Gasteiger partial charge in [0.2, 0.25) is 5.88 Å². The van der Waals surface area contributed by atoms with Gasteiger partial charge < -0.3 is 30.7 Å². The van der Waals surface area contributed by atoms with Gasteiger partial charge in [0.1, 0.15) is 0 Å². The summed E-state index contributed by atoms with van der Waals surface area (Å²) in [4.78, 5) is 19.3. The normalized spacial score (nSPS) is 25.3. The molecule has 1 aromatic rings. The number of ether oxygens (including phenoxy) is 2. The van der Waals surface area contributed by atoms with Gasteiger partial charge in [-0.1, -0.05) is 18.2 Å². The molecule has 4 rings (SSSR count). The van der Waals surface area contributed by atoms with Crippen LogP contribution >= 0.6 is 0 Å². The number of amides is 1. The van der Waals surface area contributed by atoms with Crippen LogP contribution in [-0.4, -0.2) is 80.1 Å². The van der Waals surface area contributed by atoms with Crippen molar-refractivity contribution in [2.75, 3.05) is 39.9 Å². The third kappa shape index (κ3) is 8.05. The minimum absolute atomic E-state index is 0.0146. The van der Waals surface area contributed by atoms with Crippen molar-refractivity contribution in [1.29, 1.82) is 0 Å². The Morgan fingerprint density at radius 3 is 2.79 bits per heavy atom. The zero-order chi connectivity index (χ0) is 27.1. The summed E-state index contributed by atoms with van der Waals surface area (Å²) >= 11 is 0. The maximum atomic E-state index is 12.7. The fourth-order valence-electron chi connectivity index (χ4n) is 4.92. The molecule has 1 fully saturated rings. The molecule has 1 amide bonds. The number of nitrogens with two attached hydrogens (primary N) is 1. The van der Waals surface area contributed by atoms with Crippen LogP contribution in [0.15, 0.2) is 47.7 Å². The zero-order valence-corrected chi connectivity index (χ0v) is 21.6. The lowest BCUT2D eigenvalue weighted by Crippen LogP contribution is -2.44. The van der Waals surface area contributed by atoms with Crippen LogP contribution in [0.4, 0.5) is 13.2 Å². The van der Waals surface area contributed by atoms with E-state index >= 15 is 0 Å². The summed E-state index contributed by atoms with van der Waals surface area (Å²) in [5.74, 6) is -0.127. The van der Waals surface area contributed by atoms with E-state index in [1.54, 1.807) is 19.2 Å². The van der Waals surface area contributed by atoms with Gasteiger partial charge >= 0.3 is 6.18 Å². The molecule has 1 saturated heterocycles. The molecule has 38 heavy (non-hydrogen) atoms. The quantitative estimate of drug-likeness (QED) is 0.470. The van der Waals surface area contributed by atoms with Gasteiger partial charge in [0.05, 0.1) is 24.8 Å². The van der Waals surface area contributed by atoms with Gasteiger partial charge in [-0.3, -0.25) is 4.79 Å². The second kappa shape index (κ2) is 12.8. The average molecular weight is 536 g/mol. The third-order valence-electron chi connectivity index (χ3n) is 7.03. The molecule has 3 atom stereocenters.